The van der Waals surface area contributed by atoms with Gasteiger partial charge in [-0.2, -0.15) is 0 Å². The Balaban J connectivity index is 2.29. The molecule has 0 bridgehead atoms. The maximum Gasteiger partial charge on any atom is 0.330 e. The van der Waals surface area contributed by atoms with Crippen LogP contribution in [0.4, 0.5) is 0 Å². The van der Waals surface area contributed by atoms with Gasteiger partial charge in [-0.3, -0.25) is 4.79 Å². The highest BCUT2D eigenvalue weighted by atomic mass is 16.5. The molecule has 0 saturated carbocycles. The predicted molar refractivity (Wildman–Crippen MR) is 70.2 cm³/mol. The Bertz CT molecular complexity index is 655. The van der Waals surface area contributed by atoms with Gasteiger partial charge in [0.2, 0.25) is 5.56 Å². The molecule has 0 aliphatic rings. The van der Waals surface area contributed by atoms with E-state index in [1.54, 1.807) is 19.1 Å². The summed E-state index contributed by atoms with van der Waals surface area (Å²) in [6.07, 6.45) is 3.02. The lowest BCUT2D eigenvalue weighted by atomic mass is 10.1. The number of ether oxygens (including phenoxy) is 1. The van der Waals surface area contributed by atoms with Crippen molar-refractivity contribution in [1.82, 2.24) is 4.98 Å². The van der Waals surface area contributed by atoms with E-state index >= 15 is 0 Å². The van der Waals surface area contributed by atoms with Gasteiger partial charge in [-0.15, -0.1) is 0 Å². The van der Waals surface area contributed by atoms with Crippen LogP contribution in [0.3, 0.4) is 0 Å². The topological polar surface area (TPSA) is 59.2 Å². The molecule has 2 rings (SSSR count). The second-order valence-electron chi connectivity index (χ2n) is 3.75. The number of nitrogens with one attached hydrogen (secondary N) is 1. The number of hydrogen-bond donors (Lipinski definition) is 1. The van der Waals surface area contributed by atoms with Crippen LogP contribution in [-0.4, -0.2) is 17.6 Å². The molecule has 4 heteroatoms. The van der Waals surface area contributed by atoms with Gasteiger partial charge in [-0.1, -0.05) is 12.1 Å². The van der Waals surface area contributed by atoms with Crippen LogP contribution in [0.1, 0.15) is 12.5 Å². The lowest BCUT2D eigenvalue weighted by molar-refractivity contribution is -0.137. The van der Waals surface area contributed by atoms with Crippen molar-refractivity contribution in [3.8, 4) is 0 Å². The van der Waals surface area contributed by atoms with Crippen molar-refractivity contribution in [2.45, 2.75) is 6.92 Å². The van der Waals surface area contributed by atoms with Crippen LogP contribution < -0.4 is 5.56 Å². The fourth-order valence-electron chi connectivity index (χ4n) is 1.63. The highest BCUT2D eigenvalue weighted by Gasteiger charge is 1.97. The molecular weight excluding hydrogens is 230 g/mol. The van der Waals surface area contributed by atoms with Crippen LogP contribution in [0.15, 0.2) is 41.2 Å². The third-order valence-electron chi connectivity index (χ3n) is 2.45. The SMILES string of the molecule is CCOC(=O)/C=C/c1ccc2ccc(=O)[nH]c2c1. The van der Waals surface area contributed by atoms with Crippen molar-refractivity contribution in [3.05, 3.63) is 52.3 Å². The molecule has 92 valence electrons. The Morgan fingerprint density at radius 3 is 2.89 bits per heavy atom. The van der Waals surface area contributed by atoms with E-state index in [4.69, 9.17) is 4.74 Å². The third-order valence-corrected chi connectivity index (χ3v) is 2.45. The molecule has 0 unspecified atom stereocenters. The van der Waals surface area contributed by atoms with E-state index in [2.05, 4.69) is 4.98 Å². The van der Waals surface area contributed by atoms with Crippen molar-refractivity contribution in [3.63, 3.8) is 0 Å². The third kappa shape index (κ3) is 2.85. The first-order chi connectivity index (χ1) is 8.69. The summed E-state index contributed by atoms with van der Waals surface area (Å²) in [5.74, 6) is -0.376. The predicted octanol–water partition coefficient (Wildman–Crippen LogP) is 2.10. The highest BCUT2D eigenvalue weighted by molar-refractivity contribution is 5.88. The molecule has 0 saturated heterocycles. The minimum atomic E-state index is -0.376. The van der Waals surface area contributed by atoms with E-state index in [1.807, 2.05) is 18.2 Å². The summed E-state index contributed by atoms with van der Waals surface area (Å²) in [7, 11) is 0. The molecule has 0 spiro atoms. The molecule has 1 heterocycles. The summed E-state index contributed by atoms with van der Waals surface area (Å²) in [4.78, 5) is 25.1. The molecule has 0 fully saturated rings. The number of carbonyl (C=O) groups excluding carboxylic acids is 1. The van der Waals surface area contributed by atoms with E-state index in [0.717, 1.165) is 16.5 Å². The smallest absolute Gasteiger partial charge is 0.330 e. The molecule has 2 aromatic rings. The monoisotopic (exact) mass is 243 g/mol. The van der Waals surface area contributed by atoms with Crippen LogP contribution >= 0.6 is 0 Å². The summed E-state index contributed by atoms with van der Waals surface area (Å²) in [5.41, 5.74) is 1.43. The Hall–Kier alpha value is -2.36. The molecule has 18 heavy (non-hydrogen) atoms. The van der Waals surface area contributed by atoms with Gasteiger partial charge in [-0.25, -0.2) is 4.79 Å². The van der Waals surface area contributed by atoms with Crippen molar-refractivity contribution < 1.29 is 9.53 Å². The number of hydrogen-bond acceptors (Lipinski definition) is 3. The summed E-state index contributed by atoms with van der Waals surface area (Å²) >= 11 is 0. The number of aromatic nitrogens is 1. The molecule has 0 aliphatic carbocycles. The average Bonchev–Trinajstić information content (AvgIpc) is 2.36. The van der Waals surface area contributed by atoms with Gasteiger partial charge in [0, 0.05) is 17.7 Å². The molecule has 1 N–H and O–H groups in total. The number of esters is 1. The maximum atomic E-state index is 11.2. The van der Waals surface area contributed by atoms with Crippen LogP contribution in [0.2, 0.25) is 0 Å². The first-order valence-corrected chi connectivity index (χ1v) is 5.67. The zero-order chi connectivity index (χ0) is 13.0. The minimum Gasteiger partial charge on any atom is -0.463 e. The Morgan fingerprint density at radius 2 is 2.11 bits per heavy atom. The second-order valence-corrected chi connectivity index (χ2v) is 3.75. The lowest BCUT2D eigenvalue weighted by Gasteiger charge is -1.99. The summed E-state index contributed by atoms with van der Waals surface area (Å²) < 4.78 is 4.79. The van der Waals surface area contributed by atoms with Gasteiger partial charge < -0.3 is 9.72 Å². The van der Waals surface area contributed by atoms with E-state index in [9.17, 15) is 9.59 Å². The number of aromatic amines is 1. The number of benzene rings is 1. The standard InChI is InChI=1S/C14H13NO3/c1-2-18-14(17)8-4-10-3-5-11-6-7-13(16)15-12(11)9-10/h3-9H,2H2,1H3,(H,15,16)/b8-4+. The number of pyridine rings is 1. The van der Waals surface area contributed by atoms with Crippen molar-refractivity contribution >= 4 is 22.9 Å². The van der Waals surface area contributed by atoms with Crippen molar-refractivity contribution in [1.29, 1.82) is 0 Å². The Kier molecular flexibility index (Phi) is 3.57. The second kappa shape index (κ2) is 5.31. The Labute approximate surface area is 104 Å². The largest absolute Gasteiger partial charge is 0.463 e. The van der Waals surface area contributed by atoms with Crippen LogP contribution in [0, 0.1) is 0 Å². The minimum absolute atomic E-state index is 0.144. The van der Waals surface area contributed by atoms with Gasteiger partial charge in [0.05, 0.1) is 6.61 Å². The first kappa shape index (κ1) is 12.1. The highest BCUT2D eigenvalue weighted by Crippen LogP contribution is 2.13. The molecule has 0 amide bonds. The number of carbonyl (C=O) groups is 1. The first-order valence-electron chi connectivity index (χ1n) is 5.67. The normalized spacial score (nSPS) is 10.9. The fraction of sp³-hybridized carbons (Fsp3) is 0.143. The van der Waals surface area contributed by atoms with E-state index < -0.39 is 0 Å². The van der Waals surface area contributed by atoms with E-state index in [-0.39, 0.29) is 11.5 Å². The van der Waals surface area contributed by atoms with Crippen LogP contribution in [0.5, 0.6) is 0 Å². The fourth-order valence-corrected chi connectivity index (χ4v) is 1.63. The number of rotatable bonds is 3. The van der Waals surface area contributed by atoms with Crippen LogP contribution in [-0.2, 0) is 9.53 Å². The lowest BCUT2D eigenvalue weighted by Crippen LogP contribution is -2.02. The molecule has 1 aromatic carbocycles. The van der Waals surface area contributed by atoms with Gasteiger partial charge in [0.1, 0.15) is 0 Å². The quantitative estimate of drug-likeness (QED) is 0.663. The van der Waals surface area contributed by atoms with Crippen LogP contribution in [0.25, 0.3) is 17.0 Å². The van der Waals surface area contributed by atoms with E-state index in [0.29, 0.717) is 6.61 Å². The zero-order valence-corrected chi connectivity index (χ0v) is 9.97. The molecule has 1 aromatic heterocycles. The molecule has 0 radical (unpaired) electrons. The zero-order valence-electron chi connectivity index (χ0n) is 9.97. The van der Waals surface area contributed by atoms with Gasteiger partial charge in [0.25, 0.3) is 0 Å². The molecule has 4 nitrogen and oxygen atoms in total. The molecular formula is C14H13NO3. The number of H-pyrrole nitrogens is 1. The van der Waals surface area contributed by atoms with Gasteiger partial charge in [-0.05, 0) is 36.1 Å². The molecule has 0 atom stereocenters. The van der Waals surface area contributed by atoms with Gasteiger partial charge >= 0.3 is 5.97 Å². The summed E-state index contributed by atoms with van der Waals surface area (Å²) in [5, 5.41) is 0.947. The van der Waals surface area contributed by atoms with Crippen molar-refractivity contribution in [2.75, 3.05) is 6.61 Å². The van der Waals surface area contributed by atoms with Crippen molar-refractivity contribution in [2.24, 2.45) is 0 Å². The average molecular weight is 243 g/mol. The van der Waals surface area contributed by atoms with Gasteiger partial charge in [0.15, 0.2) is 0 Å². The van der Waals surface area contributed by atoms with E-state index in [1.165, 1.54) is 12.1 Å². The summed E-state index contributed by atoms with van der Waals surface area (Å²) in [6.45, 7) is 2.11. The molecule has 0 aliphatic heterocycles. The number of fused-ring (bicyclic) bond motifs is 1. The summed E-state index contributed by atoms with van der Waals surface area (Å²) in [6, 6.07) is 8.81. The maximum absolute atomic E-state index is 11.2. The Morgan fingerprint density at radius 1 is 1.33 bits per heavy atom.